The maximum atomic E-state index is 13.9. The summed E-state index contributed by atoms with van der Waals surface area (Å²) in [4.78, 5) is 123. The van der Waals surface area contributed by atoms with E-state index >= 15 is 0 Å². The summed E-state index contributed by atoms with van der Waals surface area (Å²) >= 11 is 0. The minimum Gasteiger partial charge on any atom is -0.461 e. The Labute approximate surface area is 400 Å². The Morgan fingerprint density at radius 2 is 1.18 bits per heavy atom. The maximum Gasteiger partial charge on any atom is 0.328 e. The summed E-state index contributed by atoms with van der Waals surface area (Å²) in [5, 5.41) is 37.6. The van der Waals surface area contributed by atoms with Crippen LogP contribution in [0, 0.1) is 11.8 Å². The van der Waals surface area contributed by atoms with Crippen molar-refractivity contribution in [3.05, 3.63) is 0 Å². The highest BCUT2D eigenvalue weighted by atomic mass is 16.5. The molecule has 1 heterocycles. The van der Waals surface area contributed by atoms with Crippen LogP contribution < -0.4 is 54.4 Å². The number of aliphatic hydroxyl groups excluding tert-OH is 2. The largest absolute Gasteiger partial charge is 0.461 e. The van der Waals surface area contributed by atoms with E-state index < -0.39 is 140 Å². The van der Waals surface area contributed by atoms with E-state index in [1.54, 1.807) is 27.7 Å². The third-order valence-electron chi connectivity index (χ3n) is 11.6. The van der Waals surface area contributed by atoms with Crippen LogP contribution in [0.4, 0.5) is 0 Å². The Morgan fingerprint density at radius 3 is 1.71 bits per heavy atom. The number of aliphatic imine (C=N–C) groups is 1. The minimum absolute atomic E-state index is 0.125. The molecule has 9 atom stereocenters. The number of carbonyl (C=O) groups excluding carboxylic acids is 9. The molecule has 0 spiro atoms. The zero-order chi connectivity index (χ0) is 51.3. The molecule has 15 N–H and O–H groups in total. The Kier molecular flexibility index (Phi) is 29.3. The van der Waals surface area contributed by atoms with Crippen LogP contribution >= 0.6 is 0 Å². The maximum absolute atomic E-state index is 13.9. The molecule has 388 valence electrons. The minimum atomic E-state index is -1.70. The molecule has 1 aliphatic rings. The van der Waals surface area contributed by atoms with Crippen molar-refractivity contribution in [3.63, 3.8) is 0 Å². The van der Waals surface area contributed by atoms with Gasteiger partial charge in [0.15, 0.2) is 5.96 Å². The zero-order valence-corrected chi connectivity index (χ0v) is 40.9. The molecule has 1 fully saturated rings. The van der Waals surface area contributed by atoms with E-state index in [0.717, 1.165) is 51.4 Å². The lowest BCUT2D eigenvalue weighted by molar-refractivity contribution is -0.150. The lowest BCUT2D eigenvalue weighted by Gasteiger charge is -2.30. The van der Waals surface area contributed by atoms with Crippen molar-refractivity contribution in [1.82, 2.24) is 37.2 Å². The van der Waals surface area contributed by atoms with Gasteiger partial charge in [0.1, 0.15) is 48.9 Å². The van der Waals surface area contributed by atoms with E-state index in [1.807, 2.05) is 0 Å². The zero-order valence-electron chi connectivity index (χ0n) is 40.9. The summed E-state index contributed by atoms with van der Waals surface area (Å²) in [5.74, 6) is -9.52. The van der Waals surface area contributed by atoms with Crippen molar-refractivity contribution in [2.75, 3.05) is 19.8 Å². The van der Waals surface area contributed by atoms with Gasteiger partial charge in [-0.3, -0.25) is 43.3 Å². The van der Waals surface area contributed by atoms with Gasteiger partial charge in [0.25, 0.3) is 0 Å². The quantitative estimate of drug-likeness (QED) is 0.0230. The van der Waals surface area contributed by atoms with Gasteiger partial charge in [0.2, 0.25) is 47.3 Å². The number of guanidine groups is 1. The van der Waals surface area contributed by atoms with Crippen molar-refractivity contribution >= 4 is 59.2 Å². The molecule has 1 aliphatic heterocycles. The summed E-state index contributed by atoms with van der Waals surface area (Å²) in [7, 11) is 0. The van der Waals surface area contributed by atoms with Crippen LogP contribution in [0.3, 0.4) is 0 Å². The molecule has 0 aromatic rings. The molecular formula is C45H81N11O12. The number of hydrogen-bond donors (Lipinski definition) is 12. The second-order valence-corrected chi connectivity index (χ2v) is 18.0. The third-order valence-corrected chi connectivity index (χ3v) is 11.6. The molecule has 0 radical (unpaired) electrons. The predicted octanol–water partition coefficient (Wildman–Crippen LogP) is -1.36. The van der Waals surface area contributed by atoms with Crippen LogP contribution in [-0.4, -0.2) is 138 Å². The summed E-state index contributed by atoms with van der Waals surface area (Å²) in [6.07, 6.45) is 11.1. The van der Waals surface area contributed by atoms with Gasteiger partial charge in [-0.2, -0.15) is 0 Å². The first kappa shape index (κ1) is 60.4. The van der Waals surface area contributed by atoms with Crippen LogP contribution in [0.15, 0.2) is 4.99 Å². The topological polar surface area (TPSA) is 378 Å². The fraction of sp³-hybridized carbons (Fsp3) is 0.778. The van der Waals surface area contributed by atoms with E-state index in [-0.39, 0.29) is 5.96 Å². The summed E-state index contributed by atoms with van der Waals surface area (Å²) in [6.45, 7) is 8.07. The monoisotopic (exact) mass is 968 g/mol. The van der Waals surface area contributed by atoms with Crippen molar-refractivity contribution < 1.29 is 58.1 Å². The van der Waals surface area contributed by atoms with Gasteiger partial charge in [0, 0.05) is 6.54 Å². The second kappa shape index (κ2) is 33.0. The first-order chi connectivity index (χ1) is 32.1. The van der Waals surface area contributed by atoms with Gasteiger partial charge >= 0.3 is 5.97 Å². The number of cyclic esters (lactones) is 1. The van der Waals surface area contributed by atoms with Crippen LogP contribution in [0.2, 0.25) is 0 Å². The van der Waals surface area contributed by atoms with Crippen molar-refractivity contribution in [2.45, 2.75) is 193 Å². The number of nitrogens with two attached hydrogens (primary N) is 3. The highest BCUT2D eigenvalue weighted by molar-refractivity contribution is 5.98. The average Bonchev–Trinajstić information content (AvgIpc) is 3.27. The number of rotatable bonds is 24. The summed E-state index contributed by atoms with van der Waals surface area (Å²) < 4.78 is 5.35. The molecule has 0 bridgehead atoms. The number of unbranched alkanes of at least 4 members (excludes halogenated alkanes) is 11. The smallest absolute Gasteiger partial charge is 0.328 e. The van der Waals surface area contributed by atoms with Gasteiger partial charge in [-0.1, -0.05) is 105 Å². The number of hydrogen-bond acceptors (Lipinski definition) is 13. The molecule has 8 amide bonds. The van der Waals surface area contributed by atoms with Crippen molar-refractivity contribution in [3.8, 4) is 0 Å². The Hall–Kier alpha value is -5.58. The molecule has 0 aliphatic carbocycles. The number of primary amides is 1. The molecule has 9 unspecified atom stereocenters. The van der Waals surface area contributed by atoms with E-state index in [0.29, 0.717) is 25.8 Å². The first-order valence-electron chi connectivity index (χ1n) is 24.0. The molecule has 0 aromatic heterocycles. The van der Waals surface area contributed by atoms with E-state index in [2.05, 4.69) is 42.2 Å². The number of aliphatic hydroxyl groups is 2. The SMILES string of the molecule is CCC(C)C1NC(=O)C(C(C)C)NC(=O)C(NC(=O)CC(O)CCCCCCCCCCCCCCN=C(N)N)COC(=O)C(C)NC(=O)C(CC(N)=O)NC(=O)C(CO)NC(=O)C(C)NC1=O. The lowest BCUT2D eigenvalue weighted by atomic mass is 9.96. The fourth-order valence-electron chi connectivity index (χ4n) is 7.16. The molecule has 0 saturated carbocycles. The van der Waals surface area contributed by atoms with E-state index in [9.17, 15) is 53.4 Å². The van der Waals surface area contributed by atoms with Crippen LogP contribution in [0.25, 0.3) is 0 Å². The number of carbonyl (C=O) groups is 9. The molecule has 1 saturated heterocycles. The number of nitrogens with one attached hydrogen (secondary N) is 7. The van der Waals surface area contributed by atoms with Crippen LogP contribution in [-0.2, 0) is 47.9 Å². The average molecular weight is 968 g/mol. The van der Waals surface area contributed by atoms with E-state index in [1.165, 1.54) is 33.1 Å². The number of nitrogens with zero attached hydrogens (tertiary/aromatic N) is 1. The highest BCUT2D eigenvalue weighted by Gasteiger charge is 2.36. The standard InChI is InChI=1S/C45H81N11O12/c1-7-27(4)37-43(66)50-28(5)38(61)54-32(24-57)40(63)53-31(23-34(46)59)39(62)51-29(6)44(67)68-25-33(41(64)55-36(26(2)3)42(65)56-37)52-35(60)22-30(58)20-18-16-14-12-10-8-9-11-13-15-17-19-21-49-45(47)48/h26-33,36-37,57-58H,7-25H2,1-6H3,(H2,46,59)(H,50,66)(H,51,62)(H,52,60)(H,53,63)(H,54,61)(H,55,64)(H,56,65)(H4,47,48,49). The number of ether oxygens (including phenoxy) is 1. The molecule has 23 nitrogen and oxygen atoms in total. The lowest BCUT2D eigenvalue weighted by Crippen LogP contribution is -2.62. The predicted molar refractivity (Wildman–Crippen MR) is 252 cm³/mol. The summed E-state index contributed by atoms with van der Waals surface area (Å²) in [5.41, 5.74) is 16.0. The second-order valence-electron chi connectivity index (χ2n) is 18.0. The van der Waals surface area contributed by atoms with Gasteiger partial charge < -0.3 is 69.4 Å². The Bertz CT molecular complexity index is 1680. The van der Waals surface area contributed by atoms with Crippen LogP contribution in [0.1, 0.15) is 144 Å². The fourth-order valence-corrected chi connectivity index (χ4v) is 7.16. The molecule has 23 heteroatoms. The molecule has 0 aromatic carbocycles. The Morgan fingerprint density at radius 1 is 0.676 bits per heavy atom. The Balaban J connectivity index is 3.15. The summed E-state index contributed by atoms with van der Waals surface area (Å²) in [6, 6.07) is -10.3. The normalized spacial score (nSPS) is 23.7. The third kappa shape index (κ3) is 24.4. The molecule has 68 heavy (non-hydrogen) atoms. The van der Waals surface area contributed by atoms with Gasteiger partial charge in [0.05, 0.1) is 25.6 Å². The van der Waals surface area contributed by atoms with Crippen molar-refractivity contribution in [1.29, 1.82) is 0 Å². The first-order valence-corrected chi connectivity index (χ1v) is 24.0. The molecule has 1 rings (SSSR count). The molecular weight excluding hydrogens is 887 g/mol. The number of esters is 1. The van der Waals surface area contributed by atoms with Crippen LogP contribution in [0.5, 0.6) is 0 Å². The van der Waals surface area contributed by atoms with E-state index in [4.69, 9.17) is 21.9 Å². The van der Waals surface area contributed by atoms with Gasteiger partial charge in [-0.25, -0.2) is 4.79 Å². The van der Waals surface area contributed by atoms with Gasteiger partial charge in [-0.15, -0.1) is 0 Å². The highest BCUT2D eigenvalue weighted by Crippen LogP contribution is 2.15. The number of amides is 8. The van der Waals surface area contributed by atoms with Crippen molar-refractivity contribution in [2.24, 2.45) is 34.0 Å². The van der Waals surface area contributed by atoms with Gasteiger partial charge in [-0.05, 0) is 38.5 Å².